The number of hydrogen-bond acceptors (Lipinski definition) is 2. The summed E-state index contributed by atoms with van der Waals surface area (Å²) in [5.41, 5.74) is 3.94. The average Bonchev–Trinajstić information content (AvgIpc) is 2.82. The summed E-state index contributed by atoms with van der Waals surface area (Å²) in [4.78, 5) is 4.85. The molecule has 1 aromatic heterocycles. The summed E-state index contributed by atoms with van der Waals surface area (Å²) in [7, 11) is 0. The second-order valence-corrected chi connectivity index (χ2v) is 5.24. The highest BCUT2D eigenvalue weighted by Gasteiger charge is 2.21. The first-order chi connectivity index (χ1) is 8.22. The molecular weight excluding hydrogens is 210 g/mol. The molecule has 2 nitrogen and oxygen atoms in total. The number of rotatable bonds is 4. The lowest BCUT2D eigenvalue weighted by atomic mass is 9.94. The first-order valence-corrected chi connectivity index (χ1v) is 6.79. The molecule has 17 heavy (non-hydrogen) atoms. The quantitative estimate of drug-likeness (QED) is 0.791. The number of aromatic nitrogens is 1. The van der Waals surface area contributed by atoms with E-state index in [1.165, 1.54) is 17.0 Å². The largest absolute Gasteiger partial charge is 0.381 e. The molecular formula is C15H23NO. The molecule has 1 aliphatic rings. The summed E-state index contributed by atoms with van der Waals surface area (Å²) < 4.78 is 5.49. The average molecular weight is 233 g/mol. The Morgan fingerprint density at radius 2 is 2.24 bits per heavy atom. The SMILES string of the molecule is CCCc1nc(C(C)C)ccc1C1CCOC1. The van der Waals surface area contributed by atoms with Crippen LogP contribution in [0.1, 0.15) is 62.4 Å². The zero-order valence-corrected chi connectivity index (χ0v) is 11.2. The minimum absolute atomic E-state index is 0.513. The van der Waals surface area contributed by atoms with Crippen LogP contribution in [-0.2, 0) is 11.2 Å². The molecule has 0 N–H and O–H groups in total. The number of nitrogens with zero attached hydrogens (tertiary/aromatic N) is 1. The van der Waals surface area contributed by atoms with Crippen molar-refractivity contribution in [1.82, 2.24) is 4.98 Å². The predicted molar refractivity (Wildman–Crippen MR) is 70.5 cm³/mol. The summed E-state index contributed by atoms with van der Waals surface area (Å²) in [5, 5.41) is 0. The fourth-order valence-corrected chi connectivity index (χ4v) is 2.44. The lowest BCUT2D eigenvalue weighted by Gasteiger charge is -2.15. The highest BCUT2D eigenvalue weighted by Crippen LogP contribution is 2.29. The van der Waals surface area contributed by atoms with Crippen LogP contribution >= 0.6 is 0 Å². The zero-order valence-electron chi connectivity index (χ0n) is 11.2. The van der Waals surface area contributed by atoms with Crippen LogP contribution in [-0.4, -0.2) is 18.2 Å². The standard InChI is InChI=1S/C15H23NO/c1-4-5-15-13(12-8-9-17-10-12)6-7-14(16-15)11(2)3/h6-7,11-12H,4-5,8-10H2,1-3H3. The Hall–Kier alpha value is -0.890. The van der Waals surface area contributed by atoms with E-state index in [4.69, 9.17) is 9.72 Å². The Labute approximate surface area is 104 Å². The molecule has 2 heteroatoms. The normalized spacial score (nSPS) is 20.1. The van der Waals surface area contributed by atoms with E-state index in [0.717, 1.165) is 32.5 Å². The molecule has 0 spiro atoms. The van der Waals surface area contributed by atoms with Crippen molar-refractivity contribution in [2.45, 2.75) is 51.9 Å². The third-order valence-corrected chi connectivity index (χ3v) is 3.48. The molecule has 2 rings (SSSR count). The van der Waals surface area contributed by atoms with Crippen molar-refractivity contribution in [1.29, 1.82) is 0 Å². The topological polar surface area (TPSA) is 22.1 Å². The monoisotopic (exact) mass is 233 g/mol. The van der Waals surface area contributed by atoms with Crippen molar-refractivity contribution >= 4 is 0 Å². The highest BCUT2D eigenvalue weighted by atomic mass is 16.5. The lowest BCUT2D eigenvalue weighted by Crippen LogP contribution is -2.07. The first-order valence-electron chi connectivity index (χ1n) is 6.79. The van der Waals surface area contributed by atoms with E-state index in [1.54, 1.807) is 0 Å². The van der Waals surface area contributed by atoms with Gasteiger partial charge in [-0.2, -0.15) is 0 Å². The van der Waals surface area contributed by atoms with Crippen molar-refractivity contribution in [2.75, 3.05) is 13.2 Å². The van der Waals surface area contributed by atoms with E-state index in [2.05, 4.69) is 32.9 Å². The van der Waals surface area contributed by atoms with E-state index >= 15 is 0 Å². The summed E-state index contributed by atoms with van der Waals surface area (Å²) >= 11 is 0. The predicted octanol–water partition coefficient (Wildman–Crippen LogP) is 3.66. The van der Waals surface area contributed by atoms with E-state index in [1.807, 2.05) is 0 Å². The van der Waals surface area contributed by atoms with Gasteiger partial charge in [0.05, 0.1) is 6.61 Å². The third-order valence-electron chi connectivity index (χ3n) is 3.48. The van der Waals surface area contributed by atoms with Gasteiger partial charge in [0.1, 0.15) is 0 Å². The summed E-state index contributed by atoms with van der Waals surface area (Å²) in [6, 6.07) is 4.48. The van der Waals surface area contributed by atoms with Crippen LogP contribution in [0.5, 0.6) is 0 Å². The molecule has 94 valence electrons. The molecule has 1 fully saturated rings. The van der Waals surface area contributed by atoms with Gasteiger partial charge in [-0.3, -0.25) is 4.98 Å². The second-order valence-electron chi connectivity index (χ2n) is 5.24. The van der Waals surface area contributed by atoms with E-state index in [0.29, 0.717) is 11.8 Å². The van der Waals surface area contributed by atoms with Crippen LogP contribution in [0.15, 0.2) is 12.1 Å². The minimum Gasteiger partial charge on any atom is -0.381 e. The van der Waals surface area contributed by atoms with E-state index in [-0.39, 0.29) is 0 Å². The van der Waals surface area contributed by atoms with Gasteiger partial charge >= 0.3 is 0 Å². The summed E-state index contributed by atoms with van der Waals surface area (Å²) in [6.45, 7) is 8.41. The molecule has 0 aliphatic carbocycles. The molecule has 1 aromatic rings. The molecule has 1 aliphatic heterocycles. The molecule has 1 atom stereocenters. The molecule has 0 saturated carbocycles. The van der Waals surface area contributed by atoms with Crippen LogP contribution in [0.4, 0.5) is 0 Å². The summed E-state index contributed by atoms with van der Waals surface area (Å²) in [5.74, 6) is 1.09. The molecule has 0 bridgehead atoms. The Morgan fingerprint density at radius 3 is 2.82 bits per heavy atom. The van der Waals surface area contributed by atoms with Crippen molar-refractivity contribution < 1.29 is 4.74 Å². The highest BCUT2D eigenvalue weighted by molar-refractivity contribution is 5.28. The van der Waals surface area contributed by atoms with Crippen molar-refractivity contribution in [3.05, 3.63) is 29.1 Å². The van der Waals surface area contributed by atoms with Crippen LogP contribution in [0, 0.1) is 0 Å². The van der Waals surface area contributed by atoms with Gasteiger partial charge in [0.2, 0.25) is 0 Å². The third kappa shape index (κ3) is 2.86. The summed E-state index contributed by atoms with van der Waals surface area (Å²) in [6.07, 6.45) is 3.40. The number of aryl methyl sites for hydroxylation is 1. The molecule has 2 heterocycles. The Kier molecular flexibility index (Phi) is 4.16. The van der Waals surface area contributed by atoms with Gasteiger partial charge in [0, 0.05) is 23.9 Å². The zero-order chi connectivity index (χ0) is 12.3. The van der Waals surface area contributed by atoms with Crippen LogP contribution in [0.3, 0.4) is 0 Å². The van der Waals surface area contributed by atoms with Crippen LogP contribution in [0.2, 0.25) is 0 Å². The maximum absolute atomic E-state index is 5.49. The van der Waals surface area contributed by atoms with Crippen LogP contribution in [0.25, 0.3) is 0 Å². The van der Waals surface area contributed by atoms with E-state index in [9.17, 15) is 0 Å². The number of hydrogen-bond donors (Lipinski definition) is 0. The smallest absolute Gasteiger partial charge is 0.0536 e. The fourth-order valence-electron chi connectivity index (χ4n) is 2.44. The van der Waals surface area contributed by atoms with E-state index < -0.39 is 0 Å². The number of pyridine rings is 1. The Bertz CT molecular complexity index is 367. The van der Waals surface area contributed by atoms with Gasteiger partial charge in [-0.1, -0.05) is 33.3 Å². The molecule has 1 unspecified atom stereocenters. The van der Waals surface area contributed by atoms with Gasteiger partial charge in [0.25, 0.3) is 0 Å². The van der Waals surface area contributed by atoms with Crippen molar-refractivity contribution in [3.8, 4) is 0 Å². The van der Waals surface area contributed by atoms with Gasteiger partial charge in [-0.05, 0) is 30.4 Å². The van der Waals surface area contributed by atoms with Crippen LogP contribution < -0.4 is 0 Å². The molecule has 0 aromatic carbocycles. The first kappa shape index (κ1) is 12.6. The number of ether oxygens (including phenoxy) is 1. The molecule has 0 amide bonds. The second kappa shape index (κ2) is 5.63. The Morgan fingerprint density at radius 1 is 1.41 bits per heavy atom. The Balaban J connectivity index is 2.29. The maximum Gasteiger partial charge on any atom is 0.0536 e. The van der Waals surface area contributed by atoms with Gasteiger partial charge in [-0.25, -0.2) is 0 Å². The van der Waals surface area contributed by atoms with Gasteiger partial charge in [-0.15, -0.1) is 0 Å². The van der Waals surface area contributed by atoms with Gasteiger partial charge in [0.15, 0.2) is 0 Å². The fraction of sp³-hybridized carbons (Fsp3) is 0.667. The minimum atomic E-state index is 0.513. The maximum atomic E-state index is 5.49. The molecule has 0 radical (unpaired) electrons. The van der Waals surface area contributed by atoms with Crippen molar-refractivity contribution in [3.63, 3.8) is 0 Å². The lowest BCUT2D eigenvalue weighted by molar-refractivity contribution is 0.193. The molecule has 1 saturated heterocycles. The van der Waals surface area contributed by atoms with Crippen molar-refractivity contribution in [2.24, 2.45) is 0 Å². The van der Waals surface area contributed by atoms with Gasteiger partial charge < -0.3 is 4.74 Å².